The minimum atomic E-state index is -2.98. The molecular weight excluding hydrogens is 302 g/mol. The van der Waals surface area contributed by atoms with Crippen LogP contribution in [0.5, 0.6) is 11.5 Å². The molecule has 0 aliphatic carbocycles. The first kappa shape index (κ1) is 15.4. The number of benzene rings is 1. The maximum atomic E-state index is 11.5. The highest BCUT2D eigenvalue weighted by Gasteiger charge is 2.30. The highest BCUT2D eigenvalue weighted by atomic mass is 35.5. The van der Waals surface area contributed by atoms with E-state index in [1.54, 1.807) is 12.1 Å². The monoisotopic (exact) mass is 319 g/mol. The molecule has 7 heteroatoms. The van der Waals surface area contributed by atoms with Crippen LogP contribution in [-0.2, 0) is 16.4 Å². The lowest BCUT2D eigenvalue weighted by Crippen LogP contribution is -2.20. The largest absolute Gasteiger partial charge is 0.493 e. The van der Waals surface area contributed by atoms with E-state index in [0.29, 0.717) is 29.5 Å². The minimum absolute atomic E-state index is 0.0533. The first-order valence-electron chi connectivity index (χ1n) is 6.33. The minimum Gasteiger partial charge on any atom is -0.493 e. The van der Waals surface area contributed by atoms with Crippen LogP contribution in [0.1, 0.15) is 12.0 Å². The number of ether oxygens (including phenoxy) is 2. The molecule has 1 aliphatic heterocycles. The summed E-state index contributed by atoms with van der Waals surface area (Å²) < 4.78 is 34.2. The zero-order valence-electron chi connectivity index (χ0n) is 11.5. The Bertz CT molecular complexity index is 588. The Hall–Kier alpha value is -0.980. The fourth-order valence-corrected chi connectivity index (χ4v) is 4.07. The van der Waals surface area contributed by atoms with Gasteiger partial charge in [-0.2, -0.15) is 0 Å². The zero-order chi connectivity index (χ0) is 14.8. The summed E-state index contributed by atoms with van der Waals surface area (Å²) in [7, 11) is 0.376. The fourth-order valence-electron chi connectivity index (χ4n) is 2.25. The number of hydrogen-bond acceptors (Lipinski definition) is 5. The van der Waals surface area contributed by atoms with Crippen molar-refractivity contribution in [2.75, 3.05) is 25.7 Å². The number of nitrogens with one attached hydrogen (secondary N) is 1. The third kappa shape index (κ3) is 3.56. The van der Waals surface area contributed by atoms with Crippen molar-refractivity contribution >= 4 is 21.4 Å². The molecule has 1 fully saturated rings. The van der Waals surface area contributed by atoms with Crippen LogP contribution in [0.3, 0.4) is 0 Å². The smallest absolute Gasteiger partial charge is 0.166 e. The second kappa shape index (κ2) is 6.20. The molecule has 5 nitrogen and oxygen atoms in total. The topological polar surface area (TPSA) is 64.6 Å². The molecule has 0 aromatic heterocycles. The summed E-state index contributed by atoms with van der Waals surface area (Å²) >= 11 is 6.04. The van der Waals surface area contributed by atoms with Gasteiger partial charge in [0.15, 0.2) is 21.3 Å². The van der Waals surface area contributed by atoms with Crippen LogP contribution >= 0.6 is 11.6 Å². The maximum absolute atomic E-state index is 11.5. The zero-order valence-corrected chi connectivity index (χ0v) is 13.1. The van der Waals surface area contributed by atoms with Crippen LogP contribution in [0.2, 0.25) is 5.02 Å². The molecule has 0 spiro atoms. The van der Waals surface area contributed by atoms with Gasteiger partial charge in [0.25, 0.3) is 0 Å². The third-order valence-electron chi connectivity index (χ3n) is 3.16. The molecule has 1 aromatic rings. The molecule has 112 valence electrons. The van der Waals surface area contributed by atoms with Crippen LogP contribution < -0.4 is 14.8 Å². The molecule has 1 atom stereocenters. The van der Waals surface area contributed by atoms with E-state index >= 15 is 0 Å². The van der Waals surface area contributed by atoms with Crippen molar-refractivity contribution in [1.82, 2.24) is 5.32 Å². The van der Waals surface area contributed by atoms with Gasteiger partial charge in [-0.3, -0.25) is 0 Å². The van der Waals surface area contributed by atoms with E-state index in [9.17, 15) is 8.42 Å². The highest BCUT2D eigenvalue weighted by Crippen LogP contribution is 2.36. The molecule has 20 heavy (non-hydrogen) atoms. The van der Waals surface area contributed by atoms with Gasteiger partial charge in [0.2, 0.25) is 0 Å². The van der Waals surface area contributed by atoms with Gasteiger partial charge in [0.1, 0.15) is 6.10 Å². The number of methoxy groups -OCH3 is 1. The van der Waals surface area contributed by atoms with Crippen LogP contribution in [0.4, 0.5) is 0 Å². The van der Waals surface area contributed by atoms with Gasteiger partial charge in [-0.25, -0.2) is 8.42 Å². The van der Waals surface area contributed by atoms with E-state index in [1.807, 2.05) is 7.05 Å². The molecule has 0 saturated carbocycles. The Morgan fingerprint density at radius 1 is 1.45 bits per heavy atom. The summed E-state index contributed by atoms with van der Waals surface area (Å²) in [5.74, 6) is 1.31. The Morgan fingerprint density at radius 3 is 2.75 bits per heavy atom. The summed E-state index contributed by atoms with van der Waals surface area (Å²) in [6.07, 6.45) is 0.179. The van der Waals surface area contributed by atoms with Gasteiger partial charge < -0.3 is 14.8 Å². The Balaban J connectivity index is 2.29. The number of hydrogen-bond donors (Lipinski definition) is 1. The van der Waals surface area contributed by atoms with Crippen molar-refractivity contribution in [3.8, 4) is 11.5 Å². The first-order valence-corrected chi connectivity index (χ1v) is 8.53. The summed E-state index contributed by atoms with van der Waals surface area (Å²) in [4.78, 5) is 0. The molecule has 2 rings (SSSR count). The predicted molar refractivity (Wildman–Crippen MR) is 78.5 cm³/mol. The predicted octanol–water partition coefficient (Wildman–Crippen LogP) is 1.63. The van der Waals surface area contributed by atoms with E-state index in [1.165, 1.54) is 7.11 Å². The van der Waals surface area contributed by atoms with Crippen molar-refractivity contribution < 1.29 is 17.9 Å². The SMILES string of the molecule is CNCc1cc(Cl)cc(OC)c1OC1CCS(=O)(=O)C1. The standard InChI is InChI=1S/C13H18ClNO4S/c1-15-7-9-5-10(14)6-12(18-2)13(9)19-11-3-4-20(16,17)8-11/h5-6,11,15H,3-4,7-8H2,1-2H3. The van der Waals surface area contributed by atoms with Crippen molar-refractivity contribution in [3.63, 3.8) is 0 Å². The number of rotatable bonds is 5. The third-order valence-corrected chi connectivity index (χ3v) is 5.11. The maximum Gasteiger partial charge on any atom is 0.166 e. The molecule has 1 heterocycles. The Morgan fingerprint density at radius 2 is 2.20 bits per heavy atom. The average molecular weight is 320 g/mol. The summed E-state index contributed by atoms with van der Waals surface area (Å²) in [5.41, 5.74) is 0.848. The summed E-state index contributed by atoms with van der Waals surface area (Å²) in [6, 6.07) is 3.46. The molecule has 1 saturated heterocycles. The van der Waals surface area contributed by atoms with Gasteiger partial charge in [-0.1, -0.05) is 11.6 Å². The molecule has 1 unspecified atom stereocenters. The molecule has 0 radical (unpaired) electrons. The van der Waals surface area contributed by atoms with E-state index < -0.39 is 9.84 Å². The van der Waals surface area contributed by atoms with E-state index in [0.717, 1.165) is 5.56 Å². The van der Waals surface area contributed by atoms with Crippen molar-refractivity contribution in [2.45, 2.75) is 19.1 Å². The lowest BCUT2D eigenvalue weighted by atomic mass is 10.1. The average Bonchev–Trinajstić information content (AvgIpc) is 2.72. The van der Waals surface area contributed by atoms with Gasteiger partial charge in [0.05, 0.1) is 18.6 Å². The lowest BCUT2D eigenvalue weighted by Gasteiger charge is -2.19. The summed E-state index contributed by atoms with van der Waals surface area (Å²) in [5, 5.41) is 3.59. The molecule has 1 aromatic carbocycles. The highest BCUT2D eigenvalue weighted by molar-refractivity contribution is 7.91. The summed E-state index contributed by atoms with van der Waals surface area (Å²) in [6.45, 7) is 0.561. The van der Waals surface area contributed by atoms with Gasteiger partial charge >= 0.3 is 0 Å². The van der Waals surface area contributed by atoms with E-state index in [4.69, 9.17) is 21.1 Å². The Labute approximate surface area is 124 Å². The van der Waals surface area contributed by atoms with Crippen molar-refractivity contribution in [3.05, 3.63) is 22.7 Å². The molecule has 0 amide bonds. The van der Waals surface area contributed by atoms with Gasteiger partial charge in [-0.05, 0) is 19.5 Å². The van der Waals surface area contributed by atoms with Crippen LogP contribution in [0, 0.1) is 0 Å². The first-order chi connectivity index (χ1) is 9.45. The van der Waals surface area contributed by atoms with Crippen LogP contribution in [-0.4, -0.2) is 40.2 Å². The number of halogens is 1. The lowest BCUT2D eigenvalue weighted by molar-refractivity contribution is 0.215. The van der Waals surface area contributed by atoms with Crippen molar-refractivity contribution in [2.24, 2.45) is 0 Å². The van der Waals surface area contributed by atoms with E-state index in [2.05, 4.69) is 5.32 Å². The molecule has 0 bridgehead atoms. The molecule has 1 N–H and O–H groups in total. The van der Waals surface area contributed by atoms with Crippen molar-refractivity contribution in [1.29, 1.82) is 0 Å². The number of sulfone groups is 1. The van der Waals surface area contributed by atoms with Gasteiger partial charge in [-0.15, -0.1) is 0 Å². The normalized spacial score (nSPS) is 20.9. The molecule has 1 aliphatic rings. The van der Waals surface area contributed by atoms with Crippen LogP contribution in [0.25, 0.3) is 0 Å². The van der Waals surface area contributed by atoms with Gasteiger partial charge in [0, 0.05) is 23.2 Å². The quantitative estimate of drug-likeness (QED) is 0.893. The Kier molecular flexibility index (Phi) is 4.78. The fraction of sp³-hybridized carbons (Fsp3) is 0.538. The second-order valence-corrected chi connectivity index (χ2v) is 7.43. The van der Waals surface area contributed by atoms with Crippen LogP contribution in [0.15, 0.2) is 12.1 Å². The second-order valence-electron chi connectivity index (χ2n) is 4.77. The molecular formula is C13H18ClNO4S. The van der Waals surface area contributed by atoms with E-state index in [-0.39, 0.29) is 17.6 Å².